The lowest BCUT2D eigenvalue weighted by Crippen LogP contribution is -2.34. The van der Waals surface area contributed by atoms with E-state index in [0.717, 1.165) is 30.9 Å². The van der Waals surface area contributed by atoms with Crippen LogP contribution in [0.4, 0.5) is 11.4 Å². The molecule has 0 fully saturated rings. The lowest BCUT2D eigenvalue weighted by atomic mass is 10.1. The second kappa shape index (κ2) is 7.09. The predicted octanol–water partition coefficient (Wildman–Crippen LogP) is 3.05. The highest BCUT2D eigenvalue weighted by atomic mass is 16.6. The van der Waals surface area contributed by atoms with Gasteiger partial charge in [0.15, 0.2) is 0 Å². The molecule has 106 valence electrons. The number of benzene rings is 1. The first-order chi connectivity index (χ1) is 8.97. The summed E-state index contributed by atoms with van der Waals surface area (Å²) in [4.78, 5) is 12.8. The lowest BCUT2D eigenvalue weighted by Gasteiger charge is -2.24. The molecule has 0 radical (unpaired) electrons. The highest BCUT2D eigenvalue weighted by Crippen LogP contribution is 2.22. The van der Waals surface area contributed by atoms with Gasteiger partial charge in [-0.05, 0) is 32.5 Å². The quantitative estimate of drug-likeness (QED) is 0.608. The van der Waals surface area contributed by atoms with Gasteiger partial charge in [0.25, 0.3) is 5.69 Å². The van der Waals surface area contributed by atoms with E-state index in [9.17, 15) is 10.1 Å². The summed E-state index contributed by atoms with van der Waals surface area (Å²) in [6.45, 7) is 11.3. The molecule has 0 spiro atoms. The number of aryl methyl sites for hydroxylation is 1. The Bertz CT molecular complexity index is 431. The molecule has 1 aromatic rings. The molecule has 0 aliphatic carbocycles. The Morgan fingerprint density at radius 2 is 2.00 bits per heavy atom. The zero-order chi connectivity index (χ0) is 14.4. The average molecular weight is 265 g/mol. The van der Waals surface area contributed by atoms with Gasteiger partial charge in [-0.3, -0.25) is 10.1 Å². The minimum atomic E-state index is -0.361. The van der Waals surface area contributed by atoms with Crippen LogP contribution in [0.3, 0.4) is 0 Å². The maximum Gasteiger partial charge on any atom is 0.271 e. The fourth-order valence-electron chi connectivity index (χ4n) is 2.06. The van der Waals surface area contributed by atoms with Gasteiger partial charge in [-0.1, -0.05) is 19.9 Å². The highest BCUT2D eigenvalue weighted by Gasteiger charge is 2.12. The van der Waals surface area contributed by atoms with E-state index in [4.69, 9.17) is 0 Å². The van der Waals surface area contributed by atoms with Gasteiger partial charge in [-0.2, -0.15) is 0 Å². The summed E-state index contributed by atoms with van der Waals surface area (Å²) in [5, 5.41) is 14.1. The molecule has 19 heavy (non-hydrogen) atoms. The Labute approximate surface area is 114 Å². The van der Waals surface area contributed by atoms with Crippen molar-refractivity contribution in [2.45, 2.75) is 33.7 Å². The second-order valence-electron chi connectivity index (χ2n) is 4.79. The largest absolute Gasteiger partial charge is 0.381 e. The number of nitrogens with one attached hydrogen (secondary N) is 1. The summed E-state index contributed by atoms with van der Waals surface area (Å²) in [6.07, 6.45) is 0. The number of non-ortho nitro benzene ring substituents is 1. The van der Waals surface area contributed by atoms with Crippen molar-refractivity contribution in [2.75, 3.05) is 25.0 Å². The zero-order valence-corrected chi connectivity index (χ0v) is 12.1. The van der Waals surface area contributed by atoms with E-state index >= 15 is 0 Å². The first-order valence-electron chi connectivity index (χ1n) is 6.71. The van der Waals surface area contributed by atoms with Gasteiger partial charge in [-0.25, -0.2) is 0 Å². The SMILES string of the molecule is CCN(CC)CC(C)Nc1cc([N+](=O)[O-])ccc1C. The maximum absolute atomic E-state index is 10.8. The molecule has 1 aromatic carbocycles. The summed E-state index contributed by atoms with van der Waals surface area (Å²) >= 11 is 0. The van der Waals surface area contributed by atoms with Crippen molar-refractivity contribution in [1.29, 1.82) is 0 Å². The number of nitro groups is 1. The first-order valence-corrected chi connectivity index (χ1v) is 6.71. The van der Waals surface area contributed by atoms with Crippen LogP contribution < -0.4 is 5.32 Å². The van der Waals surface area contributed by atoms with Gasteiger partial charge in [0.05, 0.1) is 4.92 Å². The summed E-state index contributed by atoms with van der Waals surface area (Å²) in [5.41, 5.74) is 1.99. The van der Waals surface area contributed by atoms with Gasteiger partial charge in [0, 0.05) is 30.4 Å². The topological polar surface area (TPSA) is 58.4 Å². The van der Waals surface area contributed by atoms with E-state index in [0.29, 0.717) is 0 Å². The van der Waals surface area contributed by atoms with Gasteiger partial charge in [0.1, 0.15) is 0 Å². The van der Waals surface area contributed by atoms with E-state index in [1.165, 1.54) is 6.07 Å². The predicted molar refractivity (Wildman–Crippen MR) is 78.7 cm³/mol. The molecular weight excluding hydrogens is 242 g/mol. The molecule has 0 aliphatic heterocycles. The minimum absolute atomic E-state index is 0.128. The second-order valence-corrected chi connectivity index (χ2v) is 4.79. The standard InChI is InChI=1S/C14H23N3O2/c1-5-16(6-2)10-12(4)15-14-9-13(17(18)19)8-7-11(14)3/h7-9,12,15H,5-6,10H2,1-4H3. The first kappa shape index (κ1) is 15.4. The van der Waals surface area contributed by atoms with Crippen LogP contribution in [0.1, 0.15) is 26.3 Å². The summed E-state index contributed by atoms with van der Waals surface area (Å²) in [7, 11) is 0. The Morgan fingerprint density at radius 1 is 1.37 bits per heavy atom. The molecule has 0 heterocycles. The third-order valence-corrected chi connectivity index (χ3v) is 3.26. The van der Waals surface area contributed by atoms with E-state index in [2.05, 4.69) is 31.0 Å². The third kappa shape index (κ3) is 4.52. The molecule has 1 unspecified atom stereocenters. The van der Waals surface area contributed by atoms with Gasteiger partial charge in [-0.15, -0.1) is 0 Å². The number of hydrogen-bond donors (Lipinski definition) is 1. The molecular formula is C14H23N3O2. The van der Waals surface area contributed by atoms with Gasteiger partial charge < -0.3 is 10.2 Å². The summed E-state index contributed by atoms with van der Waals surface area (Å²) in [5.74, 6) is 0. The van der Waals surface area contributed by atoms with Crippen LogP contribution in [-0.2, 0) is 0 Å². The van der Waals surface area contributed by atoms with Crippen LogP contribution in [-0.4, -0.2) is 35.5 Å². The molecule has 5 heteroatoms. The van der Waals surface area contributed by atoms with Crippen LogP contribution in [0.15, 0.2) is 18.2 Å². The minimum Gasteiger partial charge on any atom is -0.381 e. The summed E-state index contributed by atoms with van der Waals surface area (Å²) in [6, 6.07) is 5.18. The van der Waals surface area contributed by atoms with E-state index in [-0.39, 0.29) is 16.7 Å². The average Bonchev–Trinajstić information content (AvgIpc) is 2.38. The van der Waals surface area contributed by atoms with Crippen LogP contribution >= 0.6 is 0 Å². The monoisotopic (exact) mass is 265 g/mol. The van der Waals surface area contributed by atoms with Crippen molar-refractivity contribution in [1.82, 2.24) is 4.90 Å². The molecule has 0 amide bonds. The highest BCUT2D eigenvalue weighted by molar-refractivity contribution is 5.57. The maximum atomic E-state index is 10.8. The number of hydrogen-bond acceptors (Lipinski definition) is 4. The van der Waals surface area contributed by atoms with E-state index in [1.54, 1.807) is 12.1 Å². The summed E-state index contributed by atoms with van der Waals surface area (Å²) < 4.78 is 0. The Hall–Kier alpha value is -1.62. The fraction of sp³-hybridized carbons (Fsp3) is 0.571. The van der Waals surface area contributed by atoms with Crippen LogP contribution in [0.25, 0.3) is 0 Å². The van der Waals surface area contributed by atoms with Gasteiger partial charge in [0.2, 0.25) is 0 Å². The van der Waals surface area contributed by atoms with Crippen molar-refractivity contribution in [3.05, 3.63) is 33.9 Å². The van der Waals surface area contributed by atoms with E-state index < -0.39 is 0 Å². The molecule has 5 nitrogen and oxygen atoms in total. The normalized spacial score (nSPS) is 12.5. The van der Waals surface area contributed by atoms with Crippen LogP contribution in [0.2, 0.25) is 0 Å². The van der Waals surface area contributed by atoms with Crippen molar-refractivity contribution in [2.24, 2.45) is 0 Å². The zero-order valence-electron chi connectivity index (χ0n) is 12.1. The van der Waals surface area contributed by atoms with Gasteiger partial charge >= 0.3 is 0 Å². The van der Waals surface area contributed by atoms with Crippen molar-refractivity contribution in [3.63, 3.8) is 0 Å². The van der Waals surface area contributed by atoms with E-state index in [1.807, 2.05) is 6.92 Å². The molecule has 0 bridgehead atoms. The number of likely N-dealkylation sites (N-methyl/N-ethyl adjacent to an activating group) is 1. The molecule has 0 saturated heterocycles. The molecule has 0 aliphatic rings. The number of rotatable bonds is 7. The van der Waals surface area contributed by atoms with Crippen molar-refractivity contribution >= 4 is 11.4 Å². The Morgan fingerprint density at radius 3 is 2.53 bits per heavy atom. The fourth-order valence-corrected chi connectivity index (χ4v) is 2.06. The molecule has 0 aromatic heterocycles. The smallest absolute Gasteiger partial charge is 0.271 e. The Kier molecular flexibility index (Phi) is 5.76. The number of nitro benzene ring substituents is 1. The van der Waals surface area contributed by atoms with Crippen molar-refractivity contribution < 1.29 is 4.92 Å². The number of nitrogens with zero attached hydrogens (tertiary/aromatic N) is 2. The van der Waals surface area contributed by atoms with Crippen LogP contribution in [0.5, 0.6) is 0 Å². The molecule has 1 N–H and O–H groups in total. The molecule has 0 saturated carbocycles. The van der Waals surface area contributed by atoms with Crippen molar-refractivity contribution in [3.8, 4) is 0 Å². The van der Waals surface area contributed by atoms with Crippen LogP contribution in [0, 0.1) is 17.0 Å². The number of anilines is 1. The Balaban J connectivity index is 2.75. The molecule has 1 rings (SSSR count). The molecule has 1 atom stereocenters. The lowest BCUT2D eigenvalue weighted by molar-refractivity contribution is -0.384. The third-order valence-electron chi connectivity index (χ3n) is 3.26.